The van der Waals surface area contributed by atoms with E-state index in [9.17, 15) is 8.42 Å². The number of benzene rings is 3. The predicted molar refractivity (Wildman–Crippen MR) is 121 cm³/mol. The summed E-state index contributed by atoms with van der Waals surface area (Å²) in [5.41, 5.74) is 2.66. The zero-order chi connectivity index (χ0) is 22.4. The van der Waals surface area contributed by atoms with E-state index in [1.165, 1.54) is 0 Å². The Morgan fingerprint density at radius 1 is 0.839 bits per heavy atom. The molecule has 164 valence electrons. The second-order valence-corrected chi connectivity index (χ2v) is 8.84. The molecule has 0 saturated heterocycles. The molecule has 6 nitrogen and oxygen atoms in total. The highest BCUT2D eigenvalue weighted by Crippen LogP contribution is 2.41. The summed E-state index contributed by atoms with van der Waals surface area (Å²) < 4.78 is 45.2. The summed E-state index contributed by atoms with van der Waals surface area (Å²) in [7, 11) is 1.00. The van der Waals surface area contributed by atoms with Gasteiger partial charge >= 0.3 is 0 Å². The standard InChI is InChI=1S/C24H27NO5S/c1-17-10-12-20(13-11-17)31(26,27)25-16-21(18-8-6-5-7-9-18)24-22(29-3)14-19(28-2)15-23(24)30-4/h5-15,21,25H,16H2,1-4H3/t21-/m1/s1. The van der Waals surface area contributed by atoms with Crippen molar-refractivity contribution in [3.05, 3.63) is 83.4 Å². The Kier molecular flexibility index (Phi) is 7.20. The van der Waals surface area contributed by atoms with Gasteiger partial charge in [-0.15, -0.1) is 0 Å². The number of rotatable bonds is 9. The molecule has 1 N–H and O–H groups in total. The van der Waals surface area contributed by atoms with Crippen molar-refractivity contribution < 1.29 is 22.6 Å². The molecule has 3 aromatic carbocycles. The molecule has 0 radical (unpaired) electrons. The minimum Gasteiger partial charge on any atom is -0.496 e. The second-order valence-electron chi connectivity index (χ2n) is 7.07. The van der Waals surface area contributed by atoms with Gasteiger partial charge in [-0.2, -0.15) is 0 Å². The van der Waals surface area contributed by atoms with Crippen molar-refractivity contribution in [3.63, 3.8) is 0 Å². The molecule has 0 saturated carbocycles. The van der Waals surface area contributed by atoms with Crippen molar-refractivity contribution in [1.29, 1.82) is 0 Å². The van der Waals surface area contributed by atoms with E-state index in [2.05, 4.69) is 4.72 Å². The molecule has 31 heavy (non-hydrogen) atoms. The molecular weight excluding hydrogens is 414 g/mol. The van der Waals surface area contributed by atoms with Gasteiger partial charge in [-0.1, -0.05) is 48.0 Å². The number of ether oxygens (including phenoxy) is 3. The Bertz CT molecular complexity index is 1090. The van der Waals surface area contributed by atoms with Crippen LogP contribution < -0.4 is 18.9 Å². The Balaban J connectivity index is 2.04. The minimum absolute atomic E-state index is 0.124. The maximum Gasteiger partial charge on any atom is 0.240 e. The lowest BCUT2D eigenvalue weighted by atomic mass is 9.89. The average molecular weight is 442 g/mol. The van der Waals surface area contributed by atoms with Crippen molar-refractivity contribution in [1.82, 2.24) is 4.72 Å². The van der Waals surface area contributed by atoms with Crippen molar-refractivity contribution in [2.75, 3.05) is 27.9 Å². The highest BCUT2D eigenvalue weighted by Gasteiger charge is 2.26. The van der Waals surface area contributed by atoms with Gasteiger partial charge in [-0.3, -0.25) is 0 Å². The van der Waals surface area contributed by atoms with Gasteiger partial charge in [0.15, 0.2) is 0 Å². The maximum absolute atomic E-state index is 12.9. The second kappa shape index (κ2) is 9.85. The number of methoxy groups -OCH3 is 3. The molecule has 0 amide bonds. The van der Waals surface area contributed by atoms with Crippen LogP contribution in [-0.4, -0.2) is 36.3 Å². The molecule has 0 bridgehead atoms. The number of sulfonamides is 1. The lowest BCUT2D eigenvalue weighted by Gasteiger charge is -2.24. The summed E-state index contributed by atoms with van der Waals surface area (Å²) in [4.78, 5) is 0.221. The smallest absolute Gasteiger partial charge is 0.240 e. The first-order chi connectivity index (χ1) is 14.9. The third kappa shape index (κ3) is 5.18. The molecule has 0 aromatic heterocycles. The van der Waals surface area contributed by atoms with Crippen LogP contribution in [0.5, 0.6) is 17.2 Å². The highest BCUT2D eigenvalue weighted by molar-refractivity contribution is 7.89. The van der Waals surface area contributed by atoms with Crippen LogP contribution in [0.15, 0.2) is 71.6 Å². The molecule has 0 unspecified atom stereocenters. The first-order valence-electron chi connectivity index (χ1n) is 9.80. The third-order valence-corrected chi connectivity index (χ3v) is 6.55. The Labute approximate surface area is 183 Å². The van der Waals surface area contributed by atoms with Crippen LogP contribution in [0.2, 0.25) is 0 Å². The molecule has 0 aliphatic rings. The average Bonchev–Trinajstić information content (AvgIpc) is 2.79. The van der Waals surface area contributed by atoms with Crippen molar-refractivity contribution in [2.24, 2.45) is 0 Å². The van der Waals surface area contributed by atoms with Gasteiger partial charge in [0.1, 0.15) is 17.2 Å². The van der Waals surface area contributed by atoms with E-state index in [1.54, 1.807) is 57.7 Å². The normalized spacial score (nSPS) is 12.3. The Morgan fingerprint density at radius 2 is 1.42 bits per heavy atom. The summed E-state index contributed by atoms with van der Waals surface area (Å²) in [5, 5.41) is 0. The summed E-state index contributed by atoms with van der Waals surface area (Å²) in [5.74, 6) is 1.35. The minimum atomic E-state index is -3.70. The Hall–Kier alpha value is -3.03. The van der Waals surface area contributed by atoms with Crippen LogP contribution in [0, 0.1) is 6.92 Å². The third-order valence-electron chi connectivity index (χ3n) is 5.11. The monoisotopic (exact) mass is 441 g/mol. The van der Waals surface area contributed by atoms with Gasteiger partial charge in [0.2, 0.25) is 10.0 Å². The summed E-state index contributed by atoms with van der Waals surface area (Å²) >= 11 is 0. The zero-order valence-electron chi connectivity index (χ0n) is 18.1. The summed E-state index contributed by atoms with van der Waals surface area (Å²) in [6.07, 6.45) is 0. The van der Waals surface area contributed by atoms with Gasteiger partial charge < -0.3 is 14.2 Å². The van der Waals surface area contributed by atoms with Gasteiger partial charge in [-0.05, 0) is 24.6 Å². The lowest BCUT2D eigenvalue weighted by molar-refractivity contribution is 0.366. The molecule has 0 fully saturated rings. The number of hydrogen-bond donors (Lipinski definition) is 1. The molecule has 7 heteroatoms. The van der Waals surface area contributed by atoms with E-state index in [1.807, 2.05) is 37.3 Å². The molecule has 3 aromatic rings. The fourth-order valence-electron chi connectivity index (χ4n) is 3.44. The van der Waals surface area contributed by atoms with E-state index in [-0.39, 0.29) is 17.4 Å². The number of nitrogens with one attached hydrogen (secondary N) is 1. The quantitative estimate of drug-likeness (QED) is 0.540. The molecule has 0 aliphatic carbocycles. The van der Waals surface area contributed by atoms with E-state index >= 15 is 0 Å². The van der Waals surface area contributed by atoms with Gasteiger partial charge in [-0.25, -0.2) is 13.1 Å². The van der Waals surface area contributed by atoms with Crippen LogP contribution in [0.25, 0.3) is 0 Å². The van der Waals surface area contributed by atoms with Crippen molar-refractivity contribution in [3.8, 4) is 17.2 Å². The lowest BCUT2D eigenvalue weighted by Crippen LogP contribution is -2.29. The number of aryl methyl sites for hydroxylation is 1. The highest BCUT2D eigenvalue weighted by atomic mass is 32.2. The maximum atomic E-state index is 12.9. The molecule has 0 spiro atoms. The molecule has 3 rings (SSSR count). The zero-order valence-corrected chi connectivity index (χ0v) is 18.9. The van der Waals surface area contributed by atoms with Crippen LogP contribution >= 0.6 is 0 Å². The van der Waals surface area contributed by atoms with Crippen LogP contribution in [0.3, 0.4) is 0 Å². The largest absolute Gasteiger partial charge is 0.496 e. The summed E-state index contributed by atoms with van der Waals surface area (Å²) in [6, 6.07) is 19.9. The molecule has 1 atom stereocenters. The fraction of sp³-hybridized carbons (Fsp3) is 0.250. The van der Waals surface area contributed by atoms with E-state index in [0.717, 1.165) is 16.7 Å². The van der Waals surface area contributed by atoms with Gasteiger partial charge in [0.25, 0.3) is 0 Å². The topological polar surface area (TPSA) is 73.9 Å². The van der Waals surface area contributed by atoms with Gasteiger partial charge in [0.05, 0.1) is 26.2 Å². The molecule has 0 aliphatic heterocycles. The Morgan fingerprint density at radius 3 is 1.94 bits per heavy atom. The SMILES string of the molecule is COc1cc(OC)c([C@H](CNS(=O)(=O)c2ccc(C)cc2)c2ccccc2)c(OC)c1. The molecular formula is C24H27NO5S. The molecule has 0 heterocycles. The van der Waals surface area contributed by atoms with E-state index in [4.69, 9.17) is 14.2 Å². The summed E-state index contributed by atoms with van der Waals surface area (Å²) in [6.45, 7) is 2.04. The van der Waals surface area contributed by atoms with Crippen molar-refractivity contribution >= 4 is 10.0 Å². The number of hydrogen-bond acceptors (Lipinski definition) is 5. The van der Waals surface area contributed by atoms with Crippen LogP contribution in [0.1, 0.15) is 22.6 Å². The van der Waals surface area contributed by atoms with Crippen LogP contribution in [-0.2, 0) is 10.0 Å². The van der Waals surface area contributed by atoms with E-state index < -0.39 is 10.0 Å². The van der Waals surface area contributed by atoms with E-state index in [0.29, 0.717) is 17.2 Å². The first-order valence-corrected chi connectivity index (χ1v) is 11.3. The predicted octanol–water partition coefficient (Wildman–Crippen LogP) is 4.13. The first kappa shape index (κ1) is 22.7. The van der Waals surface area contributed by atoms with Crippen molar-refractivity contribution in [2.45, 2.75) is 17.7 Å². The van der Waals surface area contributed by atoms with Gasteiger partial charge in [0, 0.05) is 30.2 Å². The van der Waals surface area contributed by atoms with Crippen LogP contribution in [0.4, 0.5) is 0 Å². The fourth-order valence-corrected chi connectivity index (χ4v) is 4.49.